The lowest BCUT2D eigenvalue weighted by Crippen LogP contribution is -2.09. The third-order valence-electron chi connectivity index (χ3n) is 0.249. The van der Waals surface area contributed by atoms with Crippen molar-refractivity contribution in [3.63, 3.8) is 0 Å². The maximum atomic E-state index is 9.55. The fraction of sp³-hybridized carbons (Fsp3) is 0. The Morgan fingerprint density at radius 3 is 2.14 bits per heavy atom. The van der Waals surface area contributed by atoms with Crippen LogP contribution in [0.3, 0.4) is 0 Å². The zero-order valence-corrected chi connectivity index (χ0v) is 4.35. The van der Waals surface area contributed by atoms with Gasteiger partial charge in [-0.2, -0.15) is 0 Å². The average molecular weight is 118 g/mol. The van der Waals surface area contributed by atoms with E-state index in [1.807, 2.05) is 5.73 Å². The van der Waals surface area contributed by atoms with Gasteiger partial charge in [0.2, 0.25) is 0 Å². The Balaban J connectivity index is 4.10. The molecule has 40 valence electrons. The monoisotopic (exact) mass is 118 g/mol. The topological polar surface area (TPSA) is 63.2 Å². The molecular formula is C3H3O3P-2. The molecule has 0 aromatic rings. The van der Waals surface area contributed by atoms with Crippen molar-refractivity contribution in [1.82, 2.24) is 0 Å². The third kappa shape index (κ3) is 5.67. The van der Waals surface area contributed by atoms with Gasteiger partial charge in [0.15, 0.2) is 0 Å². The largest absolute Gasteiger partial charge is 0.807 e. The number of hydrogen-bond donors (Lipinski definition) is 0. The van der Waals surface area contributed by atoms with Crippen LogP contribution in [0.25, 0.3) is 0 Å². The van der Waals surface area contributed by atoms with Gasteiger partial charge in [0.25, 0.3) is 0 Å². The Morgan fingerprint density at radius 1 is 1.71 bits per heavy atom. The van der Waals surface area contributed by atoms with Gasteiger partial charge in [-0.1, -0.05) is 6.58 Å². The van der Waals surface area contributed by atoms with E-state index in [0.29, 0.717) is 5.82 Å². The zero-order chi connectivity index (χ0) is 5.91. The van der Waals surface area contributed by atoms with E-state index in [9.17, 15) is 14.4 Å². The first kappa shape index (κ1) is 6.67. The normalized spacial score (nSPS) is 10.0. The smallest absolute Gasteiger partial charge is 0.0106 e. The van der Waals surface area contributed by atoms with Crippen molar-refractivity contribution in [2.45, 2.75) is 0 Å². The highest BCUT2D eigenvalue weighted by Gasteiger charge is 1.71. The van der Waals surface area contributed by atoms with E-state index in [1.165, 1.54) is 0 Å². The highest BCUT2D eigenvalue weighted by atomic mass is 31.2. The molecule has 0 N–H and O–H groups in total. The summed E-state index contributed by atoms with van der Waals surface area (Å²) < 4.78 is 9.55. The highest BCUT2D eigenvalue weighted by molar-refractivity contribution is 7.52. The molecule has 0 amide bonds. The molecular weight excluding hydrogens is 115 g/mol. The van der Waals surface area contributed by atoms with Gasteiger partial charge in [-0.3, -0.25) is 0 Å². The zero-order valence-electron chi connectivity index (χ0n) is 3.46. The lowest BCUT2D eigenvalue weighted by atomic mass is 11.0. The lowest BCUT2D eigenvalue weighted by molar-refractivity contribution is -0.308. The summed E-state index contributed by atoms with van der Waals surface area (Å²) >= 11 is 0. The molecule has 0 fully saturated rings. The van der Waals surface area contributed by atoms with Crippen LogP contribution < -0.4 is 9.79 Å². The summed E-state index contributed by atoms with van der Waals surface area (Å²) in [6.45, 7) is 2.89. The summed E-state index contributed by atoms with van der Waals surface area (Å²) in [6.07, 6.45) is 0. The predicted molar refractivity (Wildman–Crippen MR) is 21.3 cm³/mol. The first-order chi connectivity index (χ1) is 3.06. The number of hydrogen-bond acceptors (Lipinski definition) is 3. The molecule has 0 saturated heterocycles. The van der Waals surface area contributed by atoms with Gasteiger partial charge in [-0.15, -0.1) is 5.73 Å². The van der Waals surface area contributed by atoms with Crippen LogP contribution in [-0.2, 0) is 4.57 Å². The van der Waals surface area contributed by atoms with E-state index in [0.717, 1.165) is 0 Å². The van der Waals surface area contributed by atoms with Crippen LogP contribution in [-0.4, -0.2) is 0 Å². The lowest BCUT2D eigenvalue weighted by Gasteiger charge is -2.22. The molecule has 0 rings (SSSR count). The minimum Gasteiger partial charge on any atom is -0.807 e. The number of rotatable bonds is 1. The standard InChI is InChI=1S/C3H5O3P/c1-2-3-7(4,5)6/h3H,1H2,(H2,4,5,6)/p-2. The Kier molecular flexibility index (Phi) is 2.00. The SMILES string of the molecule is C=C=CP(=O)([O-])[O-]. The van der Waals surface area contributed by atoms with Gasteiger partial charge in [0.1, 0.15) is 0 Å². The predicted octanol–water partition coefficient (Wildman–Crippen LogP) is -0.801. The molecule has 0 saturated carbocycles. The van der Waals surface area contributed by atoms with Crippen molar-refractivity contribution in [3.05, 3.63) is 18.1 Å². The minimum absolute atomic E-state index is 0.396. The molecule has 0 aromatic carbocycles. The van der Waals surface area contributed by atoms with Crippen LogP contribution >= 0.6 is 7.60 Å². The summed E-state index contributed by atoms with van der Waals surface area (Å²) in [4.78, 5) is 19.1. The second-order valence-corrected chi connectivity index (χ2v) is 2.21. The van der Waals surface area contributed by atoms with Gasteiger partial charge < -0.3 is 14.4 Å². The van der Waals surface area contributed by atoms with Crippen molar-refractivity contribution in [3.8, 4) is 0 Å². The van der Waals surface area contributed by atoms with Gasteiger partial charge in [-0.25, -0.2) is 0 Å². The van der Waals surface area contributed by atoms with Gasteiger partial charge >= 0.3 is 0 Å². The van der Waals surface area contributed by atoms with Crippen LogP contribution in [0.1, 0.15) is 0 Å². The van der Waals surface area contributed by atoms with E-state index in [2.05, 4.69) is 6.58 Å². The fourth-order valence-electron chi connectivity index (χ4n) is 0.112. The van der Waals surface area contributed by atoms with Crippen molar-refractivity contribution in [2.24, 2.45) is 0 Å². The van der Waals surface area contributed by atoms with E-state index in [-0.39, 0.29) is 0 Å². The summed E-state index contributed by atoms with van der Waals surface area (Å²) in [5.41, 5.74) is 1.84. The summed E-state index contributed by atoms with van der Waals surface area (Å²) in [5, 5.41) is 0. The van der Waals surface area contributed by atoms with Gasteiger partial charge in [-0.05, 0) is 13.4 Å². The summed E-state index contributed by atoms with van der Waals surface area (Å²) in [5.74, 6) is 0.396. The molecule has 0 aliphatic rings. The minimum atomic E-state index is -4.46. The van der Waals surface area contributed by atoms with Gasteiger partial charge in [0.05, 0.1) is 0 Å². The second kappa shape index (κ2) is 2.10. The fourth-order valence-corrected chi connectivity index (χ4v) is 0.335. The summed E-state index contributed by atoms with van der Waals surface area (Å²) in [7, 11) is -4.46. The van der Waals surface area contributed by atoms with Crippen molar-refractivity contribution >= 4 is 7.60 Å². The maximum absolute atomic E-state index is 9.55. The average Bonchev–Trinajstić information content (AvgIpc) is 1.30. The van der Waals surface area contributed by atoms with Crippen molar-refractivity contribution in [1.29, 1.82) is 0 Å². The third-order valence-corrected chi connectivity index (χ3v) is 0.748. The summed E-state index contributed by atoms with van der Waals surface area (Å²) in [6, 6.07) is 0. The van der Waals surface area contributed by atoms with Crippen LogP contribution in [0.4, 0.5) is 0 Å². The molecule has 0 bridgehead atoms. The Morgan fingerprint density at radius 2 is 2.14 bits per heavy atom. The first-order valence-electron chi connectivity index (χ1n) is 1.45. The molecule has 0 aliphatic heterocycles. The van der Waals surface area contributed by atoms with E-state index in [1.54, 1.807) is 0 Å². The quantitative estimate of drug-likeness (QED) is 0.334. The molecule has 0 aliphatic carbocycles. The maximum Gasteiger partial charge on any atom is -0.0106 e. The molecule has 7 heavy (non-hydrogen) atoms. The van der Waals surface area contributed by atoms with E-state index >= 15 is 0 Å². The van der Waals surface area contributed by atoms with Crippen LogP contribution in [0, 0.1) is 0 Å². The first-order valence-corrected chi connectivity index (χ1v) is 3.06. The molecule has 4 heteroatoms. The van der Waals surface area contributed by atoms with E-state index < -0.39 is 7.60 Å². The molecule has 3 nitrogen and oxygen atoms in total. The van der Waals surface area contributed by atoms with Crippen LogP contribution in [0.15, 0.2) is 18.1 Å². The Hall–Kier alpha value is -0.330. The Labute approximate surface area is 41.1 Å². The molecule has 0 atom stereocenters. The highest BCUT2D eigenvalue weighted by Crippen LogP contribution is 2.22. The van der Waals surface area contributed by atoms with Crippen LogP contribution in [0.2, 0.25) is 0 Å². The molecule has 0 radical (unpaired) electrons. The second-order valence-electron chi connectivity index (χ2n) is 0.873. The van der Waals surface area contributed by atoms with E-state index in [4.69, 9.17) is 0 Å². The molecule has 0 unspecified atom stereocenters. The molecule has 0 aromatic heterocycles. The molecule has 0 heterocycles. The van der Waals surface area contributed by atoms with Crippen molar-refractivity contribution < 1.29 is 14.4 Å². The van der Waals surface area contributed by atoms with Gasteiger partial charge in [0, 0.05) is 0 Å². The van der Waals surface area contributed by atoms with Crippen molar-refractivity contribution in [2.75, 3.05) is 0 Å². The molecule has 0 spiro atoms. The van der Waals surface area contributed by atoms with Crippen LogP contribution in [0.5, 0.6) is 0 Å². The Bertz CT molecular complexity index is 138.